The molecule has 0 spiro atoms. The molecule has 1 aromatic carbocycles. The molecule has 0 aliphatic carbocycles. The molecular formula is C15H17NO3. The van der Waals surface area contributed by atoms with Gasteiger partial charge in [0, 0.05) is 24.7 Å². The molecule has 0 atom stereocenters. The van der Waals surface area contributed by atoms with Crippen LogP contribution in [0.2, 0.25) is 0 Å². The van der Waals surface area contributed by atoms with Gasteiger partial charge in [-0.1, -0.05) is 0 Å². The van der Waals surface area contributed by atoms with Gasteiger partial charge >= 0.3 is 0 Å². The van der Waals surface area contributed by atoms with Crippen molar-refractivity contribution in [2.45, 2.75) is 26.2 Å². The van der Waals surface area contributed by atoms with Gasteiger partial charge in [0.05, 0.1) is 5.39 Å². The highest BCUT2D eigenvalue weighted by atomic mass is 16.4. The Balaban J connectivity index is 2.17. The van der Waals surface area contributed by atoms with Crippen LogP contribution < -0.4 is 10.3 Å². The number of fused-ring (bicyclic) bond motifs is 1. The molecule has 1 N–H and O–H groups in total. The first-order valence-electron chi connectivity index (χ1n) is 6.68. The number of nitrogens with zero attached hydrogens (tertiary/aromatic N) is 1. The predicted octanol–water partition coefficient (Wildman–Crippen LogP) is 2.80. The monoisotopic (exact) mass is 259 g/mol. The molecule has 0 saturated carbocycles. The zero-order valence-corrected chi connectivity index (χ0v) is 11.0. The van der Waals surface area contributed by atoms with E-state index in [0.29, 0.717) is 22.4 Å². The van der Waals surface area contributed by atoms with Crippen molar-refractivity contribution in [2.24, 2.45) is 0 Å². The smallest absolute Gasteiger partial charge is 0.200 e. The second-order valence-electron chi connectivity index (χ2n) is 5.08. The Kier molecular flexibility index (Phi) is 2.93. The zero-order chi connectivity index (χ0) is 13.4. The Morgan fingerprint density at radius 2 is 1.95 bits per heavy atom. The van der Waals surface area contributed by atoms with Gasteiger partial charge in [0.2, 0.25) is 0 Å². The summed E-state index contributed by atoms with van der Waals surface area (Å²) in [6.45, 7) is 3.61. The summed E-state index contributed by atoms with van der Waals surface area (Å²) in [7, 11) is 0. The van der Waals surface area contributed by atoms with Gasteiger partial charge in [0.25, 0.3) is 0 Å². The van der Waals surface area contributed by atoms with E-state index < -0.39 is 0 Å². The van der Waals surface area contributed by atoms with E-state index in [4.69, 9.17) is 4.42 Å². The Bertz CT molecular complexity index is 669. The van der Waals surface area contributed by atoms with E-state index in [1.165, 1.54) is 12.5 Å². The second-order valence-corrected chi connectivity index (χ2v) is 5.08. The lowest BCUT2D eigenvalue weighted by atomic mass is 10.1. The van der Waals surface area contributed by atoms with Gasteiger partial charge in [-0.15, -0.1) is 0 Å². The second kappa shape index (κ2) is 4.61. The first-order valence-corrected chi connectivity index (χ1v) is 6.68. The van der Waals surface area contributed by atoms with E-state index in [0.717, 1.165) is 25.9 Å². The number of aromatic hydroxyl groups is 1. The van der Waals surface area contributed by atoms with Crippen LogP contribution in [0, 0.1) is 6.92 Å². The lowest BCUT2D eigenvalue weighted by Gasteiger charge is -2.27. The van der Waals surface area contributed by atoms with Crippen LogP contribution in [-0.2, 0) is 0 Å². The van der Waals surface area contributed by atoms with Gasteiger partial charge < -0.3 is 14.4 Å². The summed E-state index contributed by atoms with van der Waals surface area (Å²) >= 11 is 0. The van der Waals surface area contributed by atoms with E-state index in [1.807, 2.05) is 0 Å². The van der Waals surface area contributed by atoms with Crippen molar-refractivity contribution in [2.75, 3.05) is 18.0 Å². The molecular weight excluding hydrogens is 242 g/mol. The molecule has 0 unspecified atom stereocenters. The minimum absolute atomic E-state index is 0.0510. The SMILES string of the molecule is Cc1c(O)ccc2c(=O)cc(N3CCCCC3)oc12. The van der Waals surface area contributed by atoms with Crippen LogP contribution in [0.5, 0.6) is 5.75 Å². The van der Waals surface area contributed by atoms with Crippen molar-refractivity contribution >= 4 is 16.9 Å². The summed E-state index contributed by atoms with van der Waals surface area (Å²) < 4.78 is 5.86. The maximum Gasteiger partial charge on any atom is 0.200 e. The summed E-state index contributed by atoms with van der Waals surface area (Å²) in [6.07, 6.45) is 3.48. The molecule has 1 saturated heterocycles. The fourth-order valence-corrected chi connectivity index (χ4v) is 2.60. The van der Waals surface area contributed by atoms with Crippen LogP contribution in [0.3, 0.4) is 0 Å². The third-order valence-corrected chi connectivity index (χ3v) is 3.77. The lowest BCUT2D eigenvalue weighted by molar-refractivity contribution is 0.468. The molecule has 1 aromatic heterocycles. The molecule has 1 aliphatic heterocycles. The highest BCUT2D eigenvalue weighted by Crippen LogP contribution is 2.28. The molecule has 2 heterocycles. The van der Waals surface area contributed by atoms with Crippen LogP contribution in [-0.4, -0.2) is 18.2 Å². The Labute approximate surface area is 111 Å². The van der Waals surface area contributed by atoms with E-state index in [-0.39, 0.29) is 11.2 Å². The Morgan fingerprint density at radius 3 is 2.68 bits per heavy atom. The number of anilines is 1. The Hall–Kier alpha value is -1.97. The number of hydrogen-bond donors (Lipinski definition) is 1. The number of aryl methyl sites for hydroxylation is 1. The van der Waals surface area contributed by atoms with Gasteiger partial charge in [-0.3, -0.25) is 4.79 Å². The number of phenols is 1. The molecule has 4 heteroatoms. The van der Waals surface area contributed by atoms with E-state index in [9.17, 15) is 9.90 Å². The predicted molar refractivity (Wildman–Crippen MR) is 74.9 cm³/mol. The van der Waals surface area contributed by atoms with Crippen LogP contribution in [0.1, 0.15) is 24.8 Å². The minimum Gasteiger partial charge on any atom is -0.508 e. The summed E-state index contributed by atoms with van der Waals surface area (Å²) in [5, 5.41) is 10.3. The molecule has 0 radical (unpaired) electrons. The number of rotatable bonds is 1. The lowest BCUT2D eigenvalue weighted by Crippen LogP contribution is -2.30. The average molecular weight is 259 g/mol. The first kappa shape index (κ1) is 12.1. The van der Waals surface area contributed by atoms with Gasteiger partial charge in [0.15, 0.2) is 11.3 Å². The first-order chi connectivity index (χ1) is 9.16. The fourth-order valence-electron chi connectivity index (χ4n) is 2.60. The molecule has 2 aromatic rings. The molecule has 4 nitrogen and oxygen atoms in total. The largest absolute Gasteiger partial charge is 0.508 e. The molecule has 0 amide bonds. The minimum atomic E-state index is -0.0510. The van der Waals surface area contributed by atoms with E-state index >= 15 is 0 Å². The summed E-state index contributed by atoms with van der Waals surface area (Å²) in [6, 6.07) is 4.71. The molecule has 19 heavy (non-hydrogen) atoms. The molecule has 100 valence electrons. The standard InChI is InChI=1S/C15H17NO3/c1-10-12(17)6-5-11-13(18)9-14(19-15(10)11)16-7-3-2-4-8-16/h5-6,9,17H,2-4,7-8H2,1H3. The van der Waals surface area contributed by atoms with Gasteiger partial charge in [-0.05, 0) is 38.3 Å². The number of hydrogen-bond acceptors (Lipinski definition) is 4. The fraction of sp³-hybridized carbons (Fsp3) is 0.400. The number of benzene rings is 1. The third kappa shape index (κ3) is 2.07. The van der Waals surface area contributed by atoms with Crippen molar-refractivity contribution in [3.8, 4) is 5.75 Å². The van der Waals surface area contributed by atoms with Crippen molar-refractivity contribution in [3.63, 3.8) is 0 Å². The molecule has 1 aliphatic rings. The van der Waals surface area contributed by atoms with Crippen LogP contribution >= 0.6 is 0 Å². The molecule has 3 rings (SSSR count). The third-order valence-electron chi connectivity index (χ3n) is 3.77. The quantitative estimate of drug-likeness (QED) is 0.855. The summed E-state index contributed by atoms with van der Waals surface area (Å²) in [4.78, 5) is 14.2. The maximum absolute atomic E-state index is 12.1. The average Bonchev–Trinajstić information content (AvgIpc) is 2.44. The van der Waals surface area contributed by atoms with Crippen LogP contribution in [0.15, 0.2) is 27.4 Å². The van der Waals surface area contributed by atoms with Gasteiger partial charge in [-0.25, -0.2) is 0 Å². The topological polar surface area (TPSA) is 53.7 Å². The highest BCUT2D eigenvalue weighted by Gasteiger charge is 2.16. The van der Waals surface area contributed by atoms with E-state index in [1.54, 1.807) is 19.1 Å². The zero-order valence-electron chi connectivity index (χ0n) is 11.0. The van der Waals surface area contributed by atoms with Crippen molar-refractivity contribution in [1.29, 1.82) is 0 Å². The normalized spacial score (nSPS) is 15.9. The summed E-state index contributed by atoms with van der Waals surface area (Å²) in [5.74, 6) is 0.775. The molecule has 1 fully saturated rings. The van der Waals surface area contributed by atoms with Crippen LogP contribution in [0.4, 0.5) is 5.88 Å². The van der Waals surface area contributed by atoms with Crippen molar-refractivity contribution in [3.05, 3.63) is 34.0 Å². The van der Waals surface area contributed by atoms with E-state index in [2.05, 4.69) is 4.90 Å². The summed E-state index contributed by atoms with van der Waals surface area (Å²) in [5.41, 5.74) is 1.06. The number of piperidine rings is 1. The van der Waals surface area contributed by atoms with Crippen LogP contribution in [0.25, 0.3) is 11.0 Å². The maximum atomic E-state index is 12.1. The highest BCUT2D eigenvalue weighted by molar-refractivity contribution is 5.82. The Morgan fingerprint density at radius 1 is 1.21 bits per heavy atom. The van der Waals surface area contributed by atoms with Crippen molar-refractivity contribution < 1.29 is 9.52 Å². The van der Waals surface area contributed by atoms with Gasteiger partial charge in [0.1, 0.15) is 11.3 Å². The molecule has 0 bridgehead atoms. The van der Waals surface area contributed by atoms with Crippen molar-refractivity contribution in [1.82, 2.24) is 0 Å². The van der Waals surface area contributed by atoms with Gasteiger partial charge in [-0.2, -0.15) is 0 Å². The number of phenolic OH excluding ortho intramolecular Hbond substituents is 1.